The van der Waals surface area contributed by atoms with Crippen LogP contribution in [-0.2, 0) is 4.74 Å². The third kappa shape index (κ3) is 2.67. The van der Waals surface area contributed by atoms with Crippen LogP contribution in [0.5, 0.6) is 0 Å². The van der Waals surface area contributed by atoms with Gasteiger partial charge in [-0.1, -0.05) is 22.0 Å². The second kappa shape index (κ2) is 5.34. The van der Waals surface area contributed by atoms with Gasteiger partial charge in [-0.15, -0.1) is 0 Å². The molecule has 20 heavy (non-hydrogen) atoms. The first kappa shape index (κ1) is 13.8. The second-order valence-electron chi connectivity index (χ2n) is 5.62. The van der Waals surface area contributed by atoms with Gasteiger partial charge in [0.05, 0.1) is 17.7 Å². The number of hydrogen-bond donors (Lipinski definition) is 0. The molecule has 1 fully saturated rings. The van der Waals surface area contributed by atoms with E-state index in [1.165, 1.54) is 10.9 Å². The Labute approximate surface area is 128 Å². The fraction of sp³-hybridized carbons (Fsp3) is 0.438. The number of fused-ring (bicyclic) bond motifs is 1. The van der Waals surface area contributed by atoms with Crippen LogP contribution in [0, 0.1) is 6.92 Å². The molecule has 1 saturated heterocycles. The summed E-state index contributed by atoms with van der Waals surface area (Å²) in [5.41, 5.74) is 2.31. The minimum absolute atomic E-state index is 0.249. The maximum atomic E-state index is 5.80. The zero-order valence-electron chi connectivity index (χ0n) is 12.1. The average Bonchev–Trinajstić information content (AvgIpc) is 2.36. The second-order valence-corrected chi connectivity index (χ2v) is 6.54. The van der Waals surface area contributed by atoms with Gasteiger partial charge in [0.1, 0.15) is 5.82 Å². The minimum Gasteiger partial charge on any atom is -0.372 e. The molecule has 0 unspecified atom stereocenters. The summed E-state index contributed by atoms with van der Waals surface area (Å²) in [6.07, 6.45) is 0.498. The standard InChI is InChI=1S/C16H19BrN2O/c1-10-6-16(19-8-11(2)20-12(3)9-19)18-15-7-13(17)4-5-14(10)15/h4-7,11-12H,8-9H2,1-3H3/t11-,12+. The van der Waals surface area contributed by atoms with E-state index in [0.717, 1.165) is 28.9 Å². The SMILES string of the molecule is Cc1cc(N2C[C@@H](C)O[C@@H](C)C2)nc2cc(Br)ccc12. The highest BCUT2D eigenvalue weighted by Gasteiger charge is 2.23. The molecule has 4 heteroatoms. The lowest BCUT2D eigenvalue weighted by molar-refractivity contribution is -0.00544. The Morgan fingerprint density at radius 2 is 1.90 bits per heavy atom. The van der Waals surface area contributed by atoms with Crippen molar-refractivity contribution >= 4 is 32.7 Å². The summed E-state index contributed by atoms with van der Waals surface area (Å²) in [7, 11) is 0. The van der Waals surface area contributed by atoms with Gasteiger partial charge < -0.3 is 9.64 Å². The van der Waals surface area contributed by atoms with Gasteiger partial charge in [0.2, 0.25) is 0 Å². The smallest absolute Gasteiger partial charge is 0.129 e. The molecule has 3 rings (SSSR count). The van der Waals surface area contributed by atoms with Crippen molar-refractivity contribution in [3.63, 3.8) is 0 Å². The monoisotopic (exact) mass is 334 g/mol. The van der Waals surface area contributed by atoms with Crippen LogP contribution in [0.25, 0.3) is 10.9 Å². The van der Waals surface area contributed by atoms with Crippen LogP contribution in [0.2, 0.25) is 0 Å². The van der Waals surface area contributed by atoms with Crippen molar-refractivity contribution in [2.75, 3.05) is 18.0 Å². The van der Waals surface area contributed by atoms with E-state index in [9.17, 15) is 0 Å². The van der Waals surface area contributed by atoms with Gasteiger partial charge in [-0.2, -0.15) is 0 Å². The van der Waals surface area contributed by atoms with E-state index in [0.29, 0.717) is 0 Å². The molecule has 3 nitrogen and oxygen atoms in total. The number of ether oxygens (including phenoxy) is 1. The molecule has 2 aromatic rings. The first-order chi connectivity index (χ1) is 9.52. The number of anilines is 1. The molecule has 0 saturated carbocycles. The maximum Gasteiger partial charge on any atom is 0.129 e. The van der Waals surface area contributed by atoms with Crippen molar-refractivity contribution in [2.24, 2.45) is 0 Å². The Bertz CT molecular complexity index is 634. The molecule has 0 aliphatic carbocycles. The van der Waals surface area contributed by atoms with Crippen molar-refractivity contribution < 1.29 is 4.74 Å². The van der Waals surface area contributed by atoms with Crippen molar-refractivity contribution in [3.8, 4) is 0 Å². The van der Waals surface area contributed by atoms with Crippen LogP contribution >= 0.6 is 15.9 Å². The number of rotatable bonds is 1. The lowest BCUT2D eigenvalue weighted by Gasteiger charge is -2.36. The van der Waals surface area contributed by atoms with Gasteiger partial charge in [0.15, 0.2) is 0 Å². The summed E-state index contributed by atoms with van der Waals surface area (Å²) in [6.45, 7) is 8.18. The molecule has 0 amide bonds. The van der Waals surface area contributed by atoms with Crippen LogP contribution < -0.4 is 4.90 Å². The molecule has 2 atom stereocenters. The van der Waals surface area contributed by atoms with Crippen molar-refractivity contribution in [3.05, 3.63) is 34.3 Å². The Kier molecular flexibility index (Phi) is 3.69. The van der Waals surface area contributed by atoms with Crippen molar-refractivity contribution in [1.29, 1.82) is 0 Å². The number of aryl methyl sites for hydroxylation is 1. The van der Waals surface area contributed by atoms with Crippen LogP contribution in [0.1, 0.15) is 19.4 Å². The zero-order chi connectivity index (χ0) is 14.3. The molecule has 1 aliphatic heterocycles. The minimum atomic E-state index is 0.249. The average molecular weight is 335 g/mol. The first-order valence-corrected chi connectivity index (χ1v) is 7.79. The topological polar surface area (TPSA) is 25.4 Å². The summed E-state index contributed by atoms with van der Waals surface area (Å²) >= 11 is 3.52. The Morgan fingerprint density at radius 3 is 2.60 bits per heavy atom. The molecule has 2 heterocycles. The summed E-state index contributed by atoms with van der Waals surface area (Å²) in [6, 6.07) is 8.45. The summed E-state index contributed by atoms with van der Waals surface area (Å²) < 4.78 is 6.87. The highest BCUT2D eigenvalue weighted by molar-refractivity contribution is 9.10. The number of aromatic nitrogens is 1. The van der Waals surface area contributed by atoms with E-state index in [1.54, 1.807) is 0 Å². The molecule has 0 radical (unpaired) electrons. The van der Waals surface area contributed by atoms with E-state index in [-0.39, 0.29) is 12.2 Å². The predicted octanol–water partition coefficient (Wildman–Crippen LogP) is 3.92. The highest BCUT2D eigenvalue weighted by Crippen LogP contribution is 2.26. The van der Waals surface area contributed by atoms with Crippen LogP contribution in [0.3, 0.4) is 0 Å². The van der Waals surface area contributed by atoms with Crippen molar-refractivity contribution in [2.45, 2.75) is 33.0 Å². The summed E-state index contributed by atoms with van der Waals surface area (Å²) in [4.78, 5) is 7.16. The van der Waals surface area contributed by atoms with E-state index in [4.69, 9.17) is 9.72 Å². The zero-order valence-corrected chi connectivity index (χ0v) is 13.6. The lowest BCUT2D eigenvalue weighted by atomic mass is 10.1. The number of halogens is 1. The third-order valence-corrected chi connectivity index (χ3v) is 4.20. The Morgan fingerprint density at radius 1 is 1.20 bits per heavy atom. The van der Waals surface area contributed by atoms with Crippen LogP contribution in [0.15, 0.2) is 28.7 Å². The predicted molar refractivity (Wildman–Crippen MR) is 86.4 cm³/mol. The van der Waals surface area contributed by atoms with Gasteiger partial charge in [-0.05, 0) is 44.5 Å². The Balaban J connectivity index is 2.03. The summed E-state index contributed by atoms with van der Waals surface area (Å²) in [5.74, 6) is 1.05. The van der Waals surface area contributed by atoms with E-state index >= 15 is 0 Å². The molecule has 1 aliphatic rings. The number of benzene rings is 1. The van der Waals surface area contributed by atoms with E-state index in [1.807, 2.05) is 0 Å². The fourth-order valence-corrected chi connectivity index (χ4v) is 3.23. The highest BCUT2D eigenvalue weighted by atomic mass is 79.9. The van der Waals surface area contributed by atoms with E-state index < -0.39 is 0 Å². The van der Waals surface area contributed by atoms with Gasteiger partial charge in [0, 0.05) is 22.9 Å². The van der Waals surface area contributed by atoms with Crippen LogP contribution in [0.4, 0.5) is 5.82 Å². The Hall–Kier alpha value is -1.13. The van der Waals surface area contributed by atoms with Gasteiger partial charge >= 0.3 is 0 Å². The quantitative estimate of drug-likeness (QED) is 0.790. The number of pyridine rings is 1. The molecule has 0 spiro atoms. The molecule has 0 bridgehead atoms. The largest absolute Gasteiger partial charge is 0.372 e. The molecular formula is C16H19BrN2O. The molecule has 1 aromatic carbocycles. The number of nitrogens with zero attached hydrogens (tertiary/aromatic N) is 2. The van der Waals surface area contributed by atoms with Gasteiger partial charge in [0.25, 0.3) is 0 Å². The lowest BCUT2D eigenvalue weighted by Crippen LogP contribution is -2.45. The van der Waals surface area contributed by atoms with Crippen LogP contribution in [-0.4, -0.2) is 30.3 Å². The van der Waals surface area contributed by atoms with E-state index in [2.05, 4.69) is 65.9 Å². The fourth-order valence-electron chi connectivity index (χ4n) is 2.88. The third-order valence-electron chi connectivity index (χ3n) is 3.71. The number of morpholine rings is 1. The first-order valence-electron chi connectivity index (χ1n) is 7.00. The van der Waals surface area contributed by atoms with Gasteiger partial charge in [-0.25, -0.2) is 4.98 Å². The van der Waals surface area contributed by atoms with Crippen molar-refractivity contribution in [1.82, 2.24) is 4.98 Å². The number of hydrogen-bond acceptors (Lipinski definition) is 3. The molecule has 0 N–H and O–H groups in total. The maximum absolute atomic E-state index is 5.80. The normalized spacial score (nSPS) is 23.3. The molecule has 106 valence electrons. The summed E-state index contributed by atoms with van der Waals surface area (Å²) in [5, 5.41) is 1.21. The molecular weight excluding hydrogens is 316 g/mol. The van der Waals surface area contributed by atoms with Gasteiger partial charge in [-0.3, -0.25) is 0 Å². The molecule has 1 aromatic heterocycles.